The Morgan fingerprint density at radius 3 is 2.38 bits per heavy atom. The van der Waals surface area contributed by atoms with Crippen molar-refractivity contribution < 1.29 is 32.2 Å². The molecule has 0 saturated heterocycles. The fraction of sp³-hybridized carbons (Fsp3) is 0.364. The zero-order valence-corrected chi connectivity index (χ0v) is 19.8. The minimum Gasteiger partial charge on any atom is -0.493 e. The molecular weight excluding hydrogens is 436 g/mol. The Bertz CT molecular complexity index is 1100. The molecule has 0 spiro atoms. The number of aryl methyl sites for hydroxylation is 1. The predicted octanol–water partition coefficient (Wildman–Crippen LogP) is 2.84. The summed E-state index contributed by atoms with van der Waals surface area (Å²) < 4.78 is 41.7. The second-order valence-electron chi connectivity index (χ2n) is 7.10. The first kappa shape index (κ1) is 25.2. The quantitative estimate of drug-likeness (QED) is 0.568. The van der Waals surface area contributed by atoms with Gasteiger partial charge in [-0.3, -0.25) is 4.79 Å². The number of nitrogens with one attached hydrogen (secondary N) is 1. The molecule has 0 aliphatic carbocycles. The normalized spacial score (nSPS) is 12.2. The lowest BCUT2D eigenvalue weighted by molar-refractivity contribution is -0.123. The predicted molar refractivity (Wildman–Crippen MR) is 120 cm³/mol. The van der Waals surface area contributed by atoms with Gasteiger partial charge in [-0.1, -0.05) is 6.07 Å². The molecule has 0 radical (unpaired) electrons. The number of anilines is 1. The number of hydrogen-bond acceptors (Lipinski definition) is 7. The summed E-state index contributed by atoms with van der Waals surface area (Å²) >= 11 is 0. The van der Waals surface area contributed by atoms with Crippen molar-refractivity contribution in [2.24, 2.45) is 0 Å². The Labute approximate surface area is 188 Å². The number of amides is 1. The molecular formula is C22H28N2O7S. The van der Waals surface area contributed by atoms with Crippen LogP contribution < -0.4 is 14.8 Å². The first-order chi connectivity index (χ1) is 15.0. The van der Waals surface area contributed by atoms with Gasteiger partial charge in [0, 0.05) is 19.8 Å². The van der Waals surface area contributed by atoms with E-state index in [0.717, 1.165) is 4.31 Å². The van der Waals surface area contributed by atoms with E-state index in [1.807, 2.05) is 6.92 Å². The summed E-state index contributed by atoms with van der Waals surface area (Å²) in [7, 11) is 0.630. The highest BCUT2D eigenvalue weighted by Crippen LogP contribution is 2.28. The number of sulfonamides is 1. The van der Waals surface area contributed by atoms with Crippen molar-refractivity contribution in [1.29, 1.82) is 0 Å². The molecule has 174 valence electrons. The Morgan fingerprint density at radius 2 is 1.78 bits per heavy atom. The van der Waals surface area contributed by atoms with Crippen molar-refractivity contribution in [3.05, 3.63) is 47.5 Å². The van der Waals surface area contributed by atoms with Gasteiger partial charge >= 0.3 is 5.97 Å². The number of ether oxygens (including phenoxy) is 3. The maximum absolute atomic E-state index is 12.6. The molecule has 2 aromatic rings. The second-order valence-corrected chi connectivity index (χ2v) is 9.25. The Hall–Kier alpha value is -3.11. The Kier molecular flexibility index (Phi) is 8.23. The summed E-state index contributed by atoms with van der Waals surface area (Å²) in [6.07, 6.45) is -1.13. The van der Waals surface area contributed by atoms with Gasteiger partial charge in [-0.25, -0.2) is 17.5 Å². The van der Waals surface area contributed by atoms with Gasteiger partial charge in [0.1, 0.15) is 0 Å². The standard InChI is InChI=1S/C22H28N2O7S/c1-7-30-19-11-9-16(12-20(19)29-6)22(26)31-15(3)21(25)23-18-13-17(10-8-14(18)2)32(27,28)24(4)5/h8-13,15H,7H2,1-6H3,(H,23,25). The van der Waals surface area contributed by atoms with Gasteiger partial charge in [0.05, 0.1) is 24.2 Å². The number of carbonyl (C=O) groups excluding carboxylic acids is 2. The average Bonchev–Trinajstić information content (AvgIpc) is 2.75. The van der Waals surface area contributed by atoms with Crippen molar-refractivity contribution >= 4 is 27.6 Å². The van der Waals surface area contributed by atoms with Crippen molar-refractivity contribution in [2.45, 2.75) is 31.8 Å². The number of esters is 1. The Morgan fingerprint density at radius 1 is 1.09 bits per heavy atom. The fourth-order valence-electron chi connectivity index (χ4n) is 2.69. The van der Waals surface area contributed by atoms with Gasteiger partial charge in [-0.05, 0) is 56.7 Å². The third kappa shape index (κ3) is 5.77. The van der Waals surface area contributed by atoms with E-state index in [1.54, 1.807) is 19.1 Å². The topological polar surface area (TPSA) is 111 Å². The molecule has 0 saturated carbocycles. The summed E-state index contributed by atoms with van der Waals surface area (Å²) in [5, 5.41) is 2.62. The number of rotatable bonds is 9. The molecule has 9 nitrogen and oxygen atoms in total. The highest BCUT2D eigenvalue weighted by Gasteiger charge is 2.23. The zero-order valence-electron chi connectivity index (χ0n) is 19.0. The summed E-state index contributed by atoms with van der Waals surface area (Å²) in [6, 6.07) is 8.99. The molecule has 2 rings (SSSR count). The largest absolute Gasteiger partial charge is 0.493 e. The second kappa shape index (κ2) is 10.5. The Balaban J connectivity index is 2.14. The minimum atomic E-state index is -3.67. The smallest absolute Gasteiger partial charge is 0.339 e. The lowest BCUT2D eigenvalue weighted by atomic mass is 10.2. The fourth-order valence-corrected chi connectivity index (χ4v) is 3.62. The highest BCUT2D eigenvalue weighted by molar-refractivity contribution is 7.89. The molecule has 1 atom stereocenters. The monoisotopic (exact) mass is 464 g/mol. The van der Waals surface area contributed by atoms with Crippen molar-refractivity contribution in [3.63, 3.8) is 0 Å². The van der Waals surface area contributed by atoms with Gasteiger partial charge < -0.3 is 19.5 Å². The summed E-state index contributed by atoms with van der Waals surface area (Å²) in [4.78, 5) is 25.1. The van der Waals surface area contributed by atoms with E-state index < -0.39 is 28.0 Å². The number of carbonyl (C=O) groups is 2. The van der Waals surface area contributed by atoms with Gasteiger partial charge in [0.2, 0.25) is 10.0 Å². The molecule has 0 aromatic heterocycles. The van der Waals surface area contributed by atoms with E-state index in [4.69, 9.17) is 14.2 Å². The van der Waals surface area contributed by atoms with E-state index in [1.165, 1.54) is 52.4 Å². The van der Waals surface area contributed by atoms with Crippen LogP contribution in [0.1, 0.15) is 29.8 Å². The van der Waals surface area contributed by atoms with Gasteiger partial charge in [0.25, 0.3) is 5.91 Å². The van der Waals surface area contributed by atoms with Crippen LogP contribution in [-0.2, 0) is 19.6 Å². The highest BCUT2D eigenvalue weighted by atomic mass is 32.2. The van der Waals surface area contributed by atoms with E-state index in [0.29, 0.717) is 29.4 Å². The molecule has 10 heteroatoms. The average molecular weight is 465 g/mol. The third-order valence-corrected chi connectivity index (χ3v) is 6.41. The summed E-state index contributed by atoms with van der Waals surface area (Å²) in [6.45, 7) is 5.42. The van der Waals surface area contributed by atoms with Crippen LogP contribution in [-0.4, -0.2) is 58.5 Å². The van der Waals surface area contributed by atoms with Crippen molar-refractivity contribution in [1.82, 2.24) is 4.31 Å². The van der Waals surface area contributed by atoms with Crippen LogP contribution in [0.15, 0.2) is 41.3 Å². The molecule has 1 unspecified atom stereocenters. The van der Waals surface area contributed by atoms with E-state index in [-0.39, 0.29) is 10.5 Å². The molecule has 0 aliphatic rings. The van der Waals surface area contributed by atoms with Gasteiger partial charge in [-0.2, -0.15) is 0 Å². The number of methoxy groups -OCH3 is 1. The van der Waals surface area contributed by atoms with Crippen molar-refractivity contribution in [2.75, 3.05) is 33.1 Å². The van der Waals surface area contributed by atoms with Crippen LogP contribution in [0.3, 0.4) is 0 Å². The molecule has 1 amide bonds. The molecule has 2 aromatic carbocycles. The lowest BCUT2D eigenvalue weighted by Gasteiger charge is -2.17. The van der Waals surface area contributed by atoms with Crippen LogP contribution in [0.2, 0.25) is 0 Å². The van der Waals surface area contributed by atoms with E-state index in [2.05, 4.69) is 5.32 Å². The van der Waals surface area contributed by atoms with Crippen LogP contribution in [0.25, 0.3) is 0 Å². The molecule has 0 heterocycles. The lowest BCUT2D eigenvalue weighted by Crippen LogP contribution is -2.30. The summed E-state index contributed by atoms with van der Waals surface area (Å²) in [5.41, 5.74) is 1.16. The van der Waals surface area contributed by atoms with E-state index >= 15 is 0 Å². The van der Waals surface area contributed by atoms with Gasteiger partial charge in [-0.15, -0.1) is 0 Å². The zero-order chi connectivity index (χ0) is 24.1. The molecule has 0 aliphatic heterocycles. The molecule has 0 fully saturated rings. The molecule has 0 bridgehead atoms. The minimum absolute atomic E-state index is 0.0366. The SMILES string of the molecule is CCOc1ccc(C(=O)OC(C)C(=O)Nc2cc(S(=O)(=O)N(C)C)ccc2C)cc1OC. The first-order valence-electron chi connectivity index (χ1n) is 9.87. The van der Waals surface area contributed by atoms with Crippen LogP contribution in [0.5, 0.6) is 11.5 Å². The van der Waals surface area contributed by atoms with Crippen LogP contribution in [0, 0.1) is 6.92 Å². The van der Waals surface area contributed by atoms with Crippen LogP contribution >= 0.6 is 0 Å². The van der Waals surface area contributed by atoms with Crippen molar-refractivity contribution in [3.8, 4) is 11.5 Å². The summed E-state index contributed by atoms with van der Waals surface area (Å²) in [5.74, 6) is -0.457. The molecule has 32 heavy (non-hydrogen) atoms. The van der Waals surface area contributed by atoms with E-state index in [9.17, 15) is 18.0 Å². The number of benzene rings is 2. The maximum atomic E-state index is 12.6. The third-order valence-electron chi connectivity index (χ3n) is 4.60. The van der Waals surface area contributed by atoms with Crippen LogP contribution in [0.4, 0.5) is 5.69 Å². The molecule has 1 N–H and O–H groups in total. The first-order valence-corrected chi connectivity index (χ1v) is 11.3. The van der Waals surface area contributed by atoms with Gasteiger partial charge in [0.15, 0.2) is 17.6 Å². The number of nitrogens with zero attached hydrogens (tertiary/aromatic N) is 1. The number of hydrogen-bond donors (Lipinski definition) is 1. The maximum Gasteiger partial charge on any atom is 0.339 e.